The van der Waals surface area contributed by atoms with Gasteiger partial charge in [0, 0.05) is 30.4 Å². The van der Waals surface area contributed by atoms with Crippen LogP contribution in [0.1, 0.15) is 59.9 Å². The number of nitrogens with one attached hydrogen (secondary N) is 2. The van der Waals surface area contributed by atoms with Crippen LogP contribution in [-0.2, 0) is 32.2 Å². The van der Waals surface area contributed by atoms with Crippen LogP contribution in [0.15, 0.2) is 30.6 Å². The first-order valence-electron chi connectivity index (χ1n) is 10.8. The van der Waals surface area contributed by atoms with E-state index in [0.717, 1.165) is 10.5 Å². The number of ether oxygens (including phenoxy) is 1. The molecule has 11 heteroatoms. The molecular weight excluding hydrogens is 442 g/mol. The van der Waals surface area contributed by atoms with E-state index in [9.17, 15) is 24.0 Å². The van der Waals surface area contributed by atoms with Gasteiger partial charge in [-0.1, -0.05) is 6.07 Å². The third kappa shape index (κ3) is 4.68. The first-order valence-corrected chi connectivity index (χ1v) is 10.8. The number of amides is 4. The van der Waals surface area contributed by atoms with Crippen molar-refractivity contribution >= 4 is 35.3 Å². The lowest BCUT2D eigenvalue weighted by Crippen LogP contribution is -2.54. The molecule has 0 radical (unpaired) electrons. The third-order valence-corrected chi connectivity index (χ3v) is 5.35. The van der Waals surface area contributed by atoms with Crippen molar-refractivity contribution in [1.29, 1.82) is 0 Å². The second-order valence-corrected chi connectivity index (χ2v) is 9.16. The summed E-state index contributed by atoms with van der Waals surface area (Å²) < 4.78 is 6.75. The number of nitrogens with zero attached hydrogens (tertiary/aromatic N) is 3. The van der Waals surface area contributed by atoms with Crippen molar-refractivity contribution in [1.82, 2.24) is 20.0 Å². The Morgan fingerprint density at radius 2 is 1.97 bits per heavy atom. The van der Waals surface area contributed by atoms with E-state index in [1.165, 1.54) is 10.7 Å². The highest BCUT2D eigenvalue weighted by atomic mass is 16.6. The van der Waals surface area contributed by atoms with Gasteiger partial charge in [0.05, 0.1) is 17.3 Å². The van der Waals surface area contributed by atoms with Crippen LogP contribution in [0.25, 0.3) is 0 Å². The molecule has 2 aliphatic heterocycles. The minimum absolute atomic E-state index is 0.0358. The van der Waals surface area contributed by atoms with Crippen LogP contribution in [0.4, 0.5) is 5.69 Å². The van der Waals surface area contributed by atoms with Crippen LogP contribution in [0.2, 0.25) is 0 Å². The van der Waals surface area contributed by atoms with Gasteiger partial charge in [-0.25, -0.2) is 0 Å². The maximum atomic E-state index is 13.1. The average Bonchev–Trinajstić information content (AvgIpc) is 3.28. The van der Waals surface area contributed by atoms with Crippen molar-refractivity contribution in [2.24, 2.45) is 0 Å². The topological polar surface area (TPSA) is 140 Å². The SMILES string of the molecule is CC(C)(C)OC(=O)Cn1cc(CNc2cccc3c2C(=O)N(C2CCC(=O)NC2=O)C3=O)cn1. The molecule has 0 spiro atoms. The number of hydrogen-bond acceptors (Lipinski definition) is 8. The Bertz CT molecular complexity index is 1190. The third-order valence-electron chi connectivity index (χ3n) is 5.35. The number of fused-ring (bicyclic) bond motifs is 1. The number of piperidine rings is 1. The highest BCUT2D eigenvalue weighted by molar-refractivity contribution is 6.25. The minimum Gasteiger partial charge on any atom is -0.459 e. The fourth-order valence-corrected chi connectivity index (χ4v) is 3.95. The molecule has 1 unspecified atom stereocenters. The Kier molecular flexibility index (Phi) is 5.94. The van der Waals surface area contributed by atoms with E-state index in [0.29, 0.717) is 5.69 Å². The number of imide groups is 2. The summed E-state index contributed by atoms with van der Waals surface area (Å²) in [6, 6.07) is 3.82. The van der Waals surface area contributed by atoms with E-state index in [4.69, 9.17) is 4.74 Å². The Morgan fingerprint density at radius 3 is 2.68 bits per heavy atom. The first kappa shape index (κ1) is 23.1. The van der Waals surface area contributed by atoms with Crippen LogP contribution in [-0.4, -0.2) is 55.9 Å². The van der Waals surface area contributed by atoms with Gasteiger partial charge in [-0.3, -0.25) is 38.9 Å². The highest BCUT2D eigenvalue weighted by Crippen LogP contribution is 2.32. The zero-order chi connectivity index (χ0) is 24.6. The molecule has 1 atom stereocenters. The van der Waals surface area contributed by atoms with Gasteiger partial charge < -0.3 is 10.1 Å². The lowest BCUT2D eigenvalue weighted by molar-refractivity contribution is -0.155. The maximum Gasteiger partial charge on any atom is 0.328 e. The van der Waals surface area contributed by atoms with Crippen molar-refractivity contribution in [3.8, 4) is 0 Å². The molecule has 3 heterocycles. The van der Waals surface area contributed by atoms with Gasteiger partial charge in [-0.2, -0.15) is 5.10 Å². The summed E-state index contributed by atoms with van der Waals surface area (Å²) in [4.78, 5) is 62.7. The predicted octanol–water partition coefficient (Wildman–Crippen LogP) is 1.24. The Balaban J connectivity index is 1.46. The van der Waals surface area contributed by atoms with Crippen molar-refractivity contribution in [2.75, 3.05) is 5.32 Å². The molecule has 1 aromatic heterocycles. The highest BCUT2D eigenvalue weighted by Gasteiger charge is 2.45. The quantitative estimate of drug-likeness (QED) is 0.478. The summed E-state index contributed by atoms with van der Waals surface area (Å²) in [7, 11) is 0. The molecule has 1 saturated heterocycles. The van der Waals surface area contributed by atoms with Crippen LogP contribution in [0, 0.1) is 0 Å². The van der Waals surface area contributed by atoms with E-state index in [1.807, 2.05) is 0 Å². The molecule has 178 valence electrons. The standard InChI is InChI=1S/C23H25N5O6/c1-23(2,3)34-18(30)12-27-11-13(10-25-27)9-24-15-6-4-5-14-19(15)22(33)28(21(14)32)16-7-8-17(29)26-20(16)31/h4-6,10-11,16,24H,7-9,12H2,1-3H3,(H,26,29,31). The van der Waals surface area contributed by atoms with Crippen LogP contribution < -0.4 is 10.6 Å². The van der Waals surface area contributed by atoms with E-state index >= 15 is 0 Å². The normalized spacial score (nSPS) is 18.1. The van der Waals surface area contributed by atoms with Crippen molar-refractivity contribution in [2.45, 2.75) is 58.3 Å². The number of aromatic nitrogens is 2. The Morgan fingerprint density at radius 1 is 1.21 bits per heavy atom. The fourth-order valence-electron chi connectivity index (χ4n) is 3.95. The lowest BCUT2D eigenvalue weighted by Gasteiger charge is -2.27. The summed E-state index contributed by atoms with van der Waals surface area (Å²) in [5, 5.41) is 9.48. The zero-order valence-electron chi connectivity index (χ0n) is 19.1. The van der Waals surface area contributed by atoms with Gasteiger partial charge in [-0.15, -0.1) is 0 Å². The molecule has 34 heavy (non-hydrogen) atoms. The summed E-state index contributed by atoms with van der Waals surface area (Å²) in [5.74, 6) is -2.64. The Labute approximate surface area is 195 Å². The molecule has 0 saturated carbocycles. The fraction of sp³-hybridized carbons (Fsp3) is 0.391. The molecule has 2 N–H and O–H groups in total. The second kappa shape index (κ2) is 8.73. The van der Waals surface area contributed by atoms with Crippen molar-refractivity contribution < 1.29 is 28.7 Å². The van der Waals surface area contributed by atoms with E-state index in [-0.39, 0.29) is 37.1 Å². The molecule has 1 fully saturated rings. The minimum atomic E-state index is -1.02. The van der Waals surface area contributed by atoms with E-state index in [1.54, 1.807) is 45.3 Å². The number of carbonyl (C=O) groups excluding carboxylic acids is 5. The number of esters is 1. The predicted molar refractivity (Wildman–Crippen MR) is 119 cm³/mol. The molecule has 0 bridgehead atoms. The molecular formula is C23H25N5O6. The monoisotopic (exact) mass is 467 g/mol. The summed E-state index contributed by atoms with van der Waals surface area (Å²) in [6.07, 6.45) is 3.42. The Hall–Kier alpha value is -4.02. The van der Waals surface area contributed by atoms with Gasteiger partial charge >= 0.3 is 5.97 Å². The molecule has 4 amide bonds. The average molecular weight is 467 g/mol. The summed E-state index contributed by atoms with van der Waals surface area (Å²) in [6.45, 7) is 5.61. The molecule has 11 nitrogen and oxygen atoms in total. The zero-order valence-corrected chi connectivity index (χ0v) is 19.1. The molecule has 0 aliphatic carbocycles. The number of carbonyl (C=O) groups is 5. The van der Waals surface area contributed by atoms with Crippen LogP contribution in [0.5, 0.6) is 0 Å². The van der Waals surface area contributed by atoms with E-state index < -0.39 is 41.2 Å². The van der Waals surface area contributed by atoms with Crippen LogP contribution >= 0.6 is 0 Å². The van der Waals surface area contributed by atoms with Gasteiger partial charge in [-0.05, 0) is 39.3 Å². The summed E-state index contributed by atoms with van der Waals surface area (Å²) >= 11 is 0. The van der Waals surface area contributed by atoms with Crippen LogP contribution in [0.3, 0.4) is 0 Å². The molecule has 4 rings (SSSR count). The number of hydrogen-bond donors (Lipinski definition) is 2. The number of benzene rings is 1. The van der Waals surface area contributed by atoms with Gasteiger partial charge in [0.1, 0.15) is 18.2 Å². The van der Waals surface area contributed by atoms with Crippen molar-refractivity contribution in [3.05, 3.63) is 47.3 Å². The second-order valence-electron chi connectivity index (χ2n) is 9.16. The number of rotatable bonds is 6. The maximum absolute atomic E-state index is 13.1. The number of anilines is 1. The van der Waals surface area contributed by atoms with Gasteiger partial charge in [0.25, 0.3) is 11.8 Å². The summed E-state index contributed by atoms with van der Waals surface area (Å²) in [5.41, 5.74) is 0.970. The van der Waals surface area contributed by atoms with Crippen molar-refractivity contribution in [3.63, 3.8) is 0 Å². The van der Waals surface area contributed by atoms with Gasteiger partial charge in [0.15, 0.2) is 0 Å². The largest absolute Gasteiger partial charge is 0.459 e. The molecule has 2 aliphatic rings. The van der Waals surface area contributed by atoms with Gasteiger partial charge in [0.2, 0.25) is 11.8 Å². The van der Waals surface area contributed by atoms with E-state index in [2.05, 4.69) is 15.7 Å². The smallest absolute Gasteiger partial charge is 0.328 e. The first-order chi connectivity index (χ1) is 16.0. The molecule has 2 aromatic rings. The lowest BCUT2D eigenvalue weighted by atomic mass is 10.0. The molecule has 1 aromatic carbocycles.